The van der Waals surface area contributed by atoms with Crippen molar-refractivity contribution in [3.63, 3.8) is 0 Å². The second-order valence-corrected chi connectivity index (χ2v) is 7.04. The van der Waals surface area contributed by atoms with E-state index in [1.807, 2.05) is 18.2 Å². The van der Waals surface area contributed by atoms with Gasteiger partial charge >= 0.3 is 0 Å². The maximum absolute atomic E-state index is 12.3. The van der Waals surface area contributed by atoms with Crippen molar-refractivity contribution in [3.8, 4) is 0 Å². The third kappa shape index (κ3) is 4.17. The van der Waals surface area contributed by atoms with E-state index < -0.39 is 0 Å². The number of fused-ring (bicyclic) bond motifs is 1. The van der Waals surface area contributed by atoms with E-state index in [0.717, 1.165) is 27.6 Å². The van der Waals surface area contributed by atoms with Gasteiger partial charge < -0.3 is 16.0 Å². The predicted molar refractivity (Wildman–Crippen MR) is 110 cm³/mol. The van der Waals surface area contributed by atoms with Gasteiger partial charge in [0.2, 0.25) is 0 Å². The molecular weight excluding hydrogens is 393 g/mol. The van der Waals surface area contributed by atoms with E-state index in [4.69, 9.17) is 5.73 Å². The van der Waals surface area contributed by atoms with Gasteiger partial charge in [-0.1, -0.05) is 6.42 Å². The molecular formula is C17H21Cl2N5OS. The van der Waals surface area contributed by atoms with Crippen molar-refractivity contribution in [2.24, 2.45) is 5.73 Å². The Bertz CT molecular complexity index is 890. The Morgan fingerprint density at radius 1 is 1.31 bits per heavy atom. The highest BCUT2D eigenvalue weighted by molar-refractivity contribution is 7.09. The van der Waals surface area contributed by atoms with Crippen molar-refractivity contribution in [1.29, 1.82) is 0 Å². The summed E-state index contributed by atoms with van der Waals surface area (Å²) in [6.07, 6.45) is 4.39. The Labute approximate surface area is 167 Å². The van der Waals surface area contributed by atoms with Gasteiger partial charge in [0.25, 0.3) is 5.91 Å². The topological polar surface area (TPSA) is 96.7 Å². The zero-order valence-electron chi connectivity index (χ0n) is 14.0. The minimum atomic E-state index is -0.201. The molecule has 0 saturated heterocycles. The van der Waals surface area contributed by atoms with E-state index in [1.54, 1.807) is 5.38 Å². The Morgan fingerprint density at radius 3 is 2.81 bits per heavy atom. The van der Waals surface area contributed by atoms with Crippen molar-refractivity contribution in [2.45, 2.75) is 31.6 Å². The number of hydrogen-bond donors (Lipinski definition) is 3. The monoisotopic (exact) mass is 413 g/mol. The third-order valence-electron chi connectivity index (χ3n) is 4.39. The molecule has 2 heterocycles. The first-order valence-electron chi connectivity index (χ1n) is 8.18. The number of imidazole rings is 1. The smallest absolute Gasteiger partial charge is 0.275 e. The molecule has 0 atom stereocenters. The van der Waals surface area contributed by atoms with E-state index in [2.05, 4.69) is 20.3 Å². The zero-order valence-corrected chi connectivity index (χ0v) is 16.5. The summed E-state index contributed by atoms with van der Waals surface area (Å²) in [6, 6.07) is 5.73. The van der Waals surface area contributed by atoms with Gasteiger partial charge in [-0.25, -0.2) is 9.97 Å². The molecule has 0 unspecified atom stereocenters. The van der Waals surface area contributed by atoms with Gasteiger partial charge in [-0.3, -0.25) is 4.79 Å². The van der Waals surface area contributed by atoms with Crippen LogP contribution in [-0.2, 0) is 6.42 Å². The molecule has 0 spiro atoms. The van der Waals surface area contributed by atoms with Crippen LogP contribution in [0.2, 0.25) is 0 Å². The van der Waals surface area contributed by atoms with Crippen LogP contribution in [0.4, 0.5) is 5.69 Å². The second kappa shape index (κ2) is 8.81. The molecule has 9 heteroatoms. The van der Waals surface area contributed by atoms with E-state index >= 15 is 0 Å². The number of rotatable bonds is 5. The van der Waals surface area contributed by atoms with Crippen molar-refractivity contribution in [3.05, 3.63) is 40.1 Å². The van der Waals surface area contributed by atoms with E-state index in [9.17, 15) is 4.79 Å². The Balaban J connectivity index is 0.00000121. The summed E-state index contributed by atoms with van der Waals surface area (Å²) in [5.74, 6) is 1.42. The fraction of sp³-hybridized carbons (Fsp3) is 0.353. The lowest BCUT2D eigenvalue weighted by Crippen LogP contribution is -2.12. The highest BCUT2D eigenvalue weighted by Gasteiger charge is 2.22. The van der Waals surface area contributed by atoms with Crippen LogP contribution in [0, 0.1) is 0 Å². The van der Waals surface area contributed by atoms with E-state index in [0.29, 0.717) is 24.6 Å². The Hall–Kier alpha value is -1.67. The fourth-order valence-corrected chi connectivity index (χ4v) is 3.62. The van der Waals surface area contributed by atoms with Crippen LogP contribution in [0.25, 0.3) is 11.0 Å². The fourth-order valence-electron chi connectivity index (χ4n) is 2.83. The van der Waals surface area contributed by atoms with Crippen molar-refractivity contribution in [1.82, 2.24) is 15.0 Å². The predicted octanol–water partition coefficient (Wildman–Crippen LogP) is 3.88. The van der Waals surface area contributed by atoms with E-state index in [1.165, 1.54) is 30.6 Å². The minimum Gasteiger partial charge on any atom is -0.342 e. The first-order valence-corrected chi connectivity index (χ1v) is 9.06. The van der Waals surface area contributed by atoms with Crippen LogP contribution in [0.5, 0.6) is 0 Å². The number of H-pyrrole nitrogens is 1. The number of nitrogens with one attached hydrogen (secondary N) is 2. The standard InChI is InChI=1S/C17H19N5OS.2ClH/c18-7-6-15-20-14(9-24-15)17(23)19-11-4-5-12-13(8-11)22-16(21-12)10-2-1-3-10;;/h4-5,8-10H,1-3,6-7,18H2,(H,19,23)(H,21,22);2*1H. The normalized spacial score (nSPS) is 13.6. The SMILES string of the molecule is Cl.Cl.NCCc1nc(C(=O)Nc2ccc3nc(C4CCC4)[nH]c3c2)cs1. The number of amides is 1. The van der Waals surface area contributed by atoms with Gasteiger partial charge in [0.05, 0.1) is 16.0 Å². The first-order chi connectivity index (χ1) is 11.7. The molecule has 1 aliphatic carbocycles. The number of halogens is 2. The molecule has 1 aromatic carbocycles. The quantitative estimate of drug-likeness (QED) is 0.590. The molecule has 1 aliphatic rings. The van der Waals surface area contributed by atoms with E-state index in [-0.39, 0.29) is 30.7 Å². The highest BCUT2D eigenvalue weighted by atomic mass is 35.5. The summed E-state index contributed by atoms with van der Waals surface area (Å²) in [7, 11) is 0. The lowest BCUT2D eigenvalue weighted by molar-refractivity contribution is 0.102. The Kier molecular flexibility index (Phi) is 7.00. The second-order valence-electron chi connectivity index (χ2n) is 6.10. The number of anilines is 1. The summed E-state index contributed by atoms with van der Waals surface area (Å²) in [5.41, 5.74) is 8.58. The molecule has 1 amide bonds. The maximum atomic E-state index is 12.3. The molecule has 0 radical (unpaired) electrons. The van der Waals surface area contributed by atoms with Gasteiger partial charge in [-0.05, 0) is 37.6 Å². The average Bonchev–Trinajstić information content (AvgIpc) is 3.12. The molecule has 0 aliphatic heterocycles. The van der Waals surface area contributed by atoms with Gasteiger partial charge in [0.1, 0.15) is 11.5 Å². The summed E-state index contributed by atoms with van der Waals surface area (Å²) >= 11 is 1.46. The average molecular weight is 414 g/mol. The summed E-state index contributed by atoms with van der Waals surface area (Å²) in [6.45, 7) is 0.536. The van der Waals surface area contributed by atoms with Crippen LogP contribution >= 0.6 is 36.2 Å². The van der Waals surface area contributed by atoms with Crippen molar-refractivity contribution >= 4 is 58.8 Å². The lowest BCUT2D eigenvalue weighted by atomic mass is 9.85. The molecule has 26 heavy (non-hydrogen) atoms. The van der Waals surface area contributed by atoms with Crippen LogP contribution in [0.3, 0.4) is 0 Å². The molecule has 0 bridgehead atoms. The van der Waals surface area contributed by atoms with Crippen LogP contribution in [0.15, 0.2) is 23.6 Å². The van der Waals surface area contributed by atoms with Gasteiger partial charge in [0, 0.05) is 23.4 Å². The third-order valence-corrected chi connectivity index (χ3v) is 5.30. The van der Waals surface area contributed by atoms with Crippen LogP contribution in [-0.4, -0.2) is 27.4 Å². The number of benzene rings is 1. The number of carbonyl (C=O) groups excluding carboxylic acids is 1. The number of nitrogens with zero attached hydrogens (tertiary/aromatic N) is 2. The number of thiazole rings is 1. The summed E-state index contributed by atoms with van der Waals surface area (Å²) in [4.78, 5) is 24.7. The number of nitrogens with two attached hydrogens (primary N) is 1. The van der Waals surface area contributed by atoms with Crippen molar-refractivity contribution < 1.29 is 4.79 Å². The maximum Gasteiger partial charge on any atom is 0.275 e. The highest BCUT2D eigenvalue weighted by Crippen LogP contribution is 2.35. The van der Waals surface area contributed by atoms with Crippen LogP contribution < -0.4 is 11.1 Å². The molecule has 4 N–H and O–H groups in total. The molecule has 3 aromatic rings. The largest absolute Gasteiger partial charge is 0.342 e. The van der Waals surface area contributed by atoms with Crippen molar-refractivity contribution in [2.75, 3.05) is 11.9 Å². The number of aromatic nitrogens is 3. The minimum absolute atomic E-state index is 0. The molecule has 1 fully saturated rings. The Morgan fingerprint density at radius 2 is 2.12 bits per heavy atom. The molecule has 6 nitrogen and oxygen atoms in total. The molecule has 140 valence electrons. The molecule has 2 aromatic heterocycles. The van der Waals surface area contributed by atoms with Gasteiger partial charge in [-0.15, -0.1) is 36.2 Å². The lowest BCUT2D eigenvalue weighted by Gasteiger charge is -2.22. The summed E-state index contributed by atoms with van der Waals surface area (Å²) in [5, 5.41) is 5.55. The van der Waals surface area contributed by atoms with Gasteiger partial charge in [-0.2, -0.15) is 0 Å². The van der Waals surface area contributed by atoms with Gasteiger partial charge in [0.15, 0.2) is 0 Å². The number of aromatic amines is 1. The molecule has 1 saturated carbocycles. The molecule has 4 rings (SSSR count). The summed E-state index contributed by atoms with van der Waals surface area (Å²) < 4.78 is 0. The zero-order chi connectivity index (χ0) is 16.5. The van der Waals surface area contributed by atoms with Crippen LogP contribution in [0.1, 0.15) is 46.5 Å². The first kappa shape index (κ1) is 20.6. The number of hydrogen-bond acceptors (Lipinski definition) is 5. The number of carbonyl (C=O) groups is 1.